The molecule has 1 aliphatic heterocycles. The van der Waals surface area contributed by atoms with Crippen molar-refractivity contribution in [1.82, 2.24) is 9.55 Å². The van der Waals surface area contributed by atoms with Crippen LogP contribution >= 0.6 is 0 Å². The van der Waals surface area contributed by atoms with Gasteiger partial charge < -0.3 is 36.5 Å². The van der Waals surface area contributed by atoms with Crippen LogP contribution in [0.5, 0.6) is 0 Å². The maximum atomic E-state index is 11.4. The molecule has 0 spiro atoms. The smallest absolute Gasteiger partial charge is 0.330 e. The molecule has 1 saturated heterocycles. The number of aromatic amines is 1. The summed E-state index contributed by atoms with van der Waals surface area (Å²) < 4.78 is 6.08. The van der Waals surface area contributed by atoms with E-state index in [1.165, 1.54) is 0 Å². The summed E-state index contributed by atoms with van der Waals surface area (Å²) in [4.78, 5) is 24.3. The molecule has 11 nitrogen and oxygen atoms in total. The van der Waals surface area contributed by atoms with E-state index in [1.54, 1.807) is 0 Å². The van der Waals surface area contributed by atoms with E-state index >= 15 is 0 Å². The SMILES string of the molecule is O.O.O.O=c1ccn(C2OC(CO)C(O)C2O)c(=O)[nH]1.[V]. The Balaban J connectivity index is -0.000000810. The topological polar surface area (TPSA) is 219 Å². The van der Waals surface area contributed by atoms with Gasteiger partial charge in [-0.2, -0.15) is 0 Å². The molecular weight excluding hydrogens is 331 g/mol. The largest absolute Gasteiger partial charge is 0.412 e. The Bertz CT molecular complexity index is 518. The molecule has 1 aliphatic rings. The first-order valence-electron chi connectivity index (χ1n) is 4.98. The van der Waals surface area contributed by atoms with Crippen molar-refractivity contribution < 1.29 is 55.0 Å². The third-order valence-corrected chi connectivity index (χ3v) is 2.64. The summed E-state index contributed by atoms with van der Waals surface area (Å²) in [7, 11) is 0. The van der Waals surface area contributed by atoms with Gasteiger partial charge in [0.25, 0.3) is 5.56 Å². The van der Waals surface area contributed by atoms with Crippen molar-refractivity contribution in [2.75, 3.05) is 6.61 Å². The van der Waals surface area contributed by atoms with Crippen molar-refractivity contribution in [2.24, 2.45) is 0 Å². The van der Waals surface area contributed by atoms with Crippen LogP contribution in [0.1, 0.15) is 6.23 Å². The second-order valence-electron chi connectivity index (χ2n) is 3.75. The molecule has 1 fully saturated rings. The summed E-state index contributed by atoms with van der Waals surface area (Å²) >= 11 is 0. The van der Waals surface area contributed by atoms with Crippen LogP contribution in [0.15, 0.2) is 21.9 Å². The van der Waals surface area contributed by atoms with Crippen LogP contribution in [0.3, 0.4) is 0 Å². The molecule has 4 atom stereocenters. The maximum absolute atomic E-state index is 11.4. The minimum Gasteiger partial charge on any atom is -0.412 e. The molecule has 10 N–H and O–H groups in total. The van der Waals surface area contributed by atoms with Gasteiger partial charge in [-0.3, -0.25) is 14.3 Å². The number of aliphatic hydroxyl groups is 3. The Kier molecular flexibility index (Phi) is 11.7. The Labute approximate surface area is 129 Å². The van der Waals surface area contributed by atoms with Gasteiger partial charge in [-0.05, 0) is 0 Å². The average molecular weight is 349 g/mol. The van der Waals surface area contributed by atoms with E-state index in [0.29, 0.717) is 0 Å². The summed E-state index contributed by atoms with van der Waals surface area (Å²) in [5.41, 5.74) is -1.33. The molecular formula is C9H18N2O9V. The number of rotatable bonds is 2. The molecule has 0 aromatic carbocycles. The van der Waals surface area contributed by atoms with Crippen LogP contribution in [-0.4, -0.2) is 66.2 Å². The van der Waals surface area contributed by atoms with Crippen LogP contribution in [-0.2, 0) is 23.3 Å². The van der Waals surface area contributed by atoms with Gasteiger partial charge in [0, 0.05) is 30.8 Å². The fourth-order valence-corrected chi connectivity index (χ4v) is 1.74. The van der Waals surface area contributed by atoms with Crippen molar-refractivity contribution in [1.29, 1.82) is 0 Å². The predicted molar refractivity (Wildman–Crippen MR) is 65.2 cm³/mol. The zero-order valence-corrected chi connectivity index (χ0v) is 12.0. The third-order valence-electron chi connectivity index (χ3n) is 2.64. The molecule has 1 radical (unpaired) electrons. The molecule has 0 amide bonds. The van der Waals surface area contributed by atoms with Crippen molar-refractivity contribution in [2.45, 2.75) is 24.5 Å². The Morgan fingerprint density at radius 1 is 1.19 bits per heavy atom. The van der Waals surface area contributed by atoms with Crippen LogP contribution in [0.25, 0.3) is 0 Å². The molecule has 4 unspecified atom stereocenters. The Hall–Kier alpha value is -1.02. The molecule has 1 aromatic heterocycles. The number of hydrogen-bond acceptors (Lipinski definition) is 6. The van der Waals surface area contributed by atoms with Gasteiger partial charge in [0.2, 0.25) is 0 Å². The van der Waals surface area contributed by atoms with Crippen molar-refractivity contribution in [3.8, 4) is 0 Å². The molecule has 2 rings (SSSR count). The van der Waals surface area contributed by atoms with Gasteiger partial charge in [0.05, 0.1) is 6.61 Å². The van der Waals surface area contributed by atoms with E-state index in [9.17, 15) is 19.8 Å². The van der Waals surface area contributed by atoms with Crippen molar-refractivity contribution in [3.63, 3.8) is 0 Å². The Morgan fingerprint density at radius 2 is 1.76 bits per heavy atom. The number of aliphatic hydroxyl groups excluding tert-OH is 3. The molecule has 1 aromatic rings. The van der Waals surface area contributed by atoms with Gasteiger partial charge >= 0.3 is 5.69 Å². The number of H-pyrrole nitrogens is 1. The molecule has 21 heavy (non-hydrogen) atoms. The minimum absolute atomic E-state index is 0. The van der Waals surface area contributed by atoms with E-state index in [2.05, 4.69) is 0 Å². The van der Waals surface area contributed by atoms with Gasteiger partial charge in [-0.1, -0.05) is 0 Å². The van der Waals surface area contributed by atoms with E-state index in [-0.39, 0.29) is 35.0 Å². The second kappa shape index (κ2) is 9.84. The summed E-state index contributed by atoms with van der Waals surface area (Å²) in [6.07, 6.45) is -3.58. The molecule has 12 heteroatoms. The summed E-state index contributed by atoms with van der Waals surface area (Å²) in [5.74, 6) is 0. The summed E-state index contributed by atoms with van der Waals surface area (Å²) in [6.45, 7) is -0.479. The third kappa shape index (κ3) is 4.74. The first-order chi connectivity index (χ1) is 8.04. The number of hydrogen-bond donors (Lipinski definition) is 4. The van der Waals surface area contributed by atoms with Gasteiger partial charge in [-0.15, -0.1) is 0 Å². The van der Waals surface area contributed by atoms with Crippen molar-refractivity contribution >= 4 is 0 Å². The van der Waals surface area contributed by atoms with Crippen molar-refractivity contribution in [3.05, 3.63) is 33.1 Å². The molecule has 2 heterocycles. The molecule has 0 bridgehead atoms. The number of nitrogens with one attached hydrogen (secondary N) is 1. The summed E-state index contributed by atoms with van der Waals surface area (Å²) in [6, 6.07) is 1.09. The fraction of sp³-hybridized carbons (Fsp3) is 0.556. The molecule has 123 valence electrons. The van der Waals surface area contributed by atoms with Gasteiger partial charge in [0.1, 0.15) is 18.3 Å². The average Bonchev–Trinajstić information content (AvgIpc) is 2.57. The first-order valence-corrected chi connectivity index (χ1v) is 4.98. The van der Waals surface area contributed by atoms with Crippen LogP contribution < -0.4 is 11.2 Å². The van der Waals surface area contributed by atoms with E-state index < -0.39 is 42.4 Å². The van der Waals surface area contributed by atoms with Gasteiger partial charge in [-0.25, -0.2) is 4.79 Å². The van der Waals surface area contributed by atoms with E-state index in [0.717, 1.165) is 16.8 Å². The van der Waals surface area contributed by atoms with E-state index in [4.69, 9.17) is 9.84 Å². The van der Waals surface area contributed by atoms with Crippen LogP contribution in [0, 0.1) is 0 Å². The quantitative estimate of drug-likeness (QED) is 0.408. The molecule has 0 aliphatic carbocycles. The first kappa shape index (κ1) is 25.0. The van der Waals surface area contributed by atoms with E-state index in [1.807, 2.05) is 4.98 Å². The minimum atomic E-state index is -1.35. The standard InChI is InChI=1S/C9H12N2O6.3H2O.V/c12-3-4-6(14)7(15)8(17-4)11-2-1-5(13)10-9(11)16;;;;/h1-2,4,6-8,12,14-15H,3H2,(H,10,13,16);3*1H2;. The van der Waals surface area contributed by atoms with Crippen LogP contribution in [0.4, 0.5) is 0 Å². The zero-order valence-electron chi connectivity index (χ0n) is 10.6. The zero-order chi connectivity index (χ0) is 12.6. The number of nitrogens with zero attached hydrogens (tertiary/aromatic N) is 1. The second-order valence-corrected chi connectivity index (χ2v) is 3.75. The maximum Gasteiger partial charge on any atom is 0.330 e. The fourth-order valence-electron chi connectivity index (χ4n) is 1.74. The number of ether oxygens (including phenoxy) is 1. The van der Waals surface area contributed by atoms with Gasteiger partial charge in [0.15, 0.2) is 6.23 Å². The normalized spacial score (nSPS) is 26.6. The van der Waals surface area contributed by atoms with Crippen LogP contribution in [0.2, 0.25) is 0 Å². The summed E-state index contributed by atoms with van der Waals surface area (Å²) in [5, 5.41) is 28.1. The number of aromatic nitrogens is 2. The molecule has 0 saturated carbocycles. The monoisotopic (exact) mass is 349 g/mol. The predicted octanol–water partition coefficient (Wildman–Crippen LogP) is -5.33. The Morgan fingerprint density at radius 3 is 2.19 bits per heavy atom.